The van der Waals surface area contributed by atoms with Gasteiger partial charge in [-0.25, -0.2) is 0 Å². The fraction of sp³-hybridized carbons (Fsp3) is 0.158. The molecule has 0 aliphatic carbocycles. The van der Waals surface area contributed by atoms with E-state index in [4.69, 9.17) is 21.7 Å². The van der Waals surface area contributed by atoms with Crippen LogP contribution in [-0.4, -0.2) is 23.9 Å². The second-order valence-corrected chi connectivity index (χ2v) is 7.93. The molecule has 3 rings (SSSR count). The third-order valence-corrected chi connectivity index (χ3v) is 5.49. The van der Waals surface area contributed by atoms with Gasteiger partial charge in [0, 0.05) is 4.47 Å². The Labute approximate surface area is 170 Å². The number of carbonyl (C=O) groups excluding carboxylic acids is 1. The van der Waals surface area contributed by atoms with Crippen LogP contribution >= 0.6 is 39.9 Å². The van der Waals surface area contributed by atoms with E-state index in [-0.39, 0.29) is 5.91 Å². The Morgan fingerprint density at radius 2 is 1.92 bits per heavy atom. The summed E-state index contributed by atoms with van der Waals surface area (Å²) in [4.78, 5) is 14.9. The van der Waals surface area contributed by atoms with Gasteiger partial charge in [0.2, 0.25) is 0 Å². The highest BCUT2D eigenvalue weighted by molar-refractivity contribution is 9.10. The summed E-state index contributed by atoms with van der Waals surface area (Å²) in [5, 5.41) is 0. The molecule has 0 radical (unpaired) electrons. The van der Waals surface area contributed by atoms with Gasteiger partial charge in [0.05, 0.1) is 24.3 Å². The molecule has 2 aromatic carbocycles. The number of thiocarbonyl (C=S) groups is 1. The molecular weight excluding hydrogens is 434 g/mol. The average molecular weight is 450 g/mol. The summed E-state index contributed by atoms with van der Waals surface area (Å²) in [7, 11) is 1.60. The van der Waals surface area contributed by atoms with Crippen molar-refractivity contribution < 1.29 is 14.3 Å². The molecule has 7 heteroatoms. The maximum atomic E-state index is 12.8. The minimum absolute atomic E-state index is 0.129. The van der Waals surface area contributed by atoms with Crippen molar-refractivity contribution >= 4 is 61.9 Å². The predicted molar refractivity (Wildman–Crippen MR) is 114 cm³/mol. The van der Waals surface area contributed by atoms with E-state index >= 15 is 0 Å². The maximum absolute atomic E-state index is 12.8. The Morgan fingerprint density at radius 3 is 2.58 bits per heavy atom. The van der Waals surface area contributed by atoms with Crippen LogP contribution in [0.25, 0.3) is 6.08 Å². The fourth-order valence-electron chi connectivity index (χ4n) is 2.48. The van der Waals surface area contributed by atoms with Crippen LogP contribution in [0.15, 0.2) is 51.8 Å². The first-order valence-corrected chi connectivity index (χ1v) is 9.89. The van der Waals surface area contributed by atoms with Crippen LogP contribution in [-0.2, 0) is 4.79 Å². The Bertz CT molecular complexity index is 881. The summed E-state index contributed by atoms with van der Waals surface area (Å²) >= 11 is 10.1. The lowest BCUT2D eigenvalue weighted by atomic mass is 10.2. The van der Waals surface area contributed by atoms with E-state index in [1.165, 1.54) is 11.8 Å². The van der Waals surface area contributed by atoms with Crippen molar-refractivity contribution in [3.05, 3.63) is 57.4 Å². The molecule has 0 saturated carbocycles. The van der Waals surface area contributed by atoms with Crippen molar-refractivity contribution in [3.8, 4) is 11.5 Å². The van der Waals surface area contributed by atoms with Crippen molar-refractivity contribution in [1.82, 2.24) is 0 Å². The zero-order valence-corrected chi connectivity index (χ0v) is 17.4. The minimum atomic E-state index is -0.129. The third kappa shape index (κ3) is 3.95. The second kappa shape index (κ2) is 8.24. The molecule has 1 saturated heterocycles. The van der Waals surface area contributed by atoms with Crippen LogP contribution in [0, 0.1) is 0 Å². The van der Waals surface area contributed by atoms with Crippen LogP contribution in [0.2, 0.25) is 0 Å². The Balaban J connectivity index is 1.90. The molecule has 2 aromatic rings. The molecule has 1 fully saturated rings. The molecular formula is C19H16BrNO3S2. The van der Waals surface area contributed by atoms with Gasteiger partial charge in [0.25, 0.3) is 5.91 Å². The summed E-state index contributed by atoms with van der Waals surface area (Å²) < 4.78 is 12.4. The van der Waals surface area contributed by atoms with Crippen molar-refractivity contribution in [3.63, 3.8) is 0 Å². The molecule has 1 aliphatic rings. The van der Waals surface area contributed by atoms with E-state index in [2.05, 4.69) is 15.9 Å². The van der Waals surface area contributed by atoms with E-state index < -0.39 is 0 Å². The Kier molecular flexibility index (Phi) is 6.01. The lowest BCUT2D eigenvalue weighted by molar-refractivity contribution is -0.113. The van der Waals surface area contributed by atoms with E-state index in [0.717, 1.165) is 15.7 Å². The fourth-order valence-corrected chi connectivity index (χ4v) is 4.05. The van der Waals surface area contributed by atoms with Gasteiger partial charge in [-0.15, -0.1) is 0 Å². The van der Waals surface area contributed by atoms with Gasteiger partial charge in [0.15, 0.2) is 15.8 Å². The number of amides is 1. The Hall–Kier alpha value is -1.83. The first kappa shape index (κ1) is 18.9. The zero-order chi connectivity index (χ0) is 18.7. The number of methoxy groups -OCH3 is 1. The summed E-state index contributed by atoms with van der Waals surface area (Å²) in [6.07, 6.45) is 1.82. The molecule has 4 nitrogen and oxygen atoms in total. The lowest BCUT2D eigenvalue weighted by Crippen LogP contribution is -2.27. The summed E-state index contributed by atoms with van der Waals surface area (Å²) in [6, 6.07) is 13.1. The minimum Gasteiger partial charge on any atom is -0.493 e. The van der Waals surface area contributed by atoms with Gasteiger partial charge in [-0.2, -0.15) is 0 Å². The first-order chi connectivity index (χ1) is 12.5. The van der Waals surface area contributed by atoms with Gasteiger partial charge in [-0.3, -0.25) is 9.69 Å². The Morgan fingerprint density at radius 1 is 1.19 bits per heavy atom. The van der Waals surface area contributed by atoms with Crippen LogP contribution in [0.3, 0.4) is 0 Å². The standard InChI is InChI=1S/C19H16BrNO3S2/c1-3-24-16-10-12(4-9-15(16)23-2)11-17-18(22)21(19(25)26-17)14-7-5-13(20)6-8-14/h4-11H,3H2,1-2H3/b17-11+. The number of hydrogen-bond acceptors (Lipinski definition) is 5. The maximum Gasteiger partial charge on any atom is 0.270 e. The van der Waals surface area contributed by atoms with E-state index in [0.29, 0.717) is 27.3 Å². The first-order valence-electron chi connectivity index (χ1n) is 7.88. The van der Waals surface area contributed by atoms with Gasteiger partial charge < -0.3 is 9.47 Å². The number of benzene rings is 2. The second-order valence-electron chi connectivity index (χ2n) is 5.34. The van der Waals surface area contributed by atoms with Crippen LogP contribution in [0.4, 0.5) is 5.69 Å². The summed E-state index contributed by atoms with van der Waals surface area (Å²) in [5.74, 6) is 1.18. The largest absolute Gasteiger partial charge is 0.493 e. The number of rotatable bonds is 5. The number of nitrogens with zero attached hydrogens (tertiary/aromatic N) is 1. The molecule has 134 valence electrons. The quantitative estimate of drug-likeness (QED) is 0.459. The molecule has 1 heterocycles. The van der Waals surface area contributed by atoms with Crippen LogP contribution < -0.4 is 14.4 Å². The SMILES string of the molecule is CCOc1cc(/C=C2/SC(=S)N(c3ccc(Br)cc3)C2=O)ccc1OC. The lowest BCUT2D eigenvalue weighted by Gasteiger charge is -2.14. The number of carbonyl (C=O) groups is 1. The molecule has 0 bridgehead atoms. The van der Waals surface area contributed by atoms with E-state index in [1.54, 1.807) is 12.0 Å². The van der Waals surface area contributed by atoms with E-state index in [9.17, 15) is 4.79 Å². The van der Waals surface area contributed by atoms with E-state index in [1.807, 2.05) is 55.5 Å². The number of ether oxygens (including phenoxy) is 2. The van der Waals surface area contributed by atoms with Gasteiger partial charge in [0.1, 0.15) is 0 Å². The van der Waals surface area contributed by atoms with Gasteiger partial charge >= 0.3 is 0 Å². The molecule has 1 amide bonds. The number of anilines is 1. The highest BCUT2D eigenvalue weighted by Crippen LogP contribution is 2.37. The average Bonchev–Trinajstić information content (AvgIpc) is 2.90. The molecule has 0 aromatic heterocycles. The third-order valence-electron chi connectivity index (χ3n) is 3.66. The van der Waals surface area contributed by atoms with Crippen LogP contribution in [0.1, 0.15) is 12.5 Å². The van der Waals surface area contributed by atoms with Crippen molar-refractivity contribution in [2.75, 3.05) is 18.6 Å². The molecule has 1 aliphatic heterocycles. The normalized spacial score (nSPS) is 15.7. The molecule has 0 atom stereocenters. The van der Waals surface area contributed by atoms with Crippen molar-refractivity contribution in [1.29, 1.82) is 0 Å². The molecule has 0 spiro atoms. The monoisotopic (exact) mass is 449 g/mol. The van der Waals surface area contributed by atoms with Crippen molar-refractivity contribution in [2.45, 2.75) is 6.92 Å². The smallest absolute Gasteiger partial charge is 0.270 e. The molecule has 26 heavy (non-hydrogen) atoms. The number of thioether (sulfide) groups is 1. The number of halogens is 1. The van der Waals surface area contributed by atoms with Gasteiger partial charge in [-0.05, 0) is 55.0 Å². The topological polar surface area (TPSA) is 38.8 Å². The molecule has 0 unspecified atom stereocenters. The van der Waals surface area contributed by atoms with Crippen LogP contribution in [0.5, 0.6) is 11.5 Å². The summed E-state index contributed by atoms with van der Waals surface area (Å²) in [5.41, 5.74) is 1.61. The highest BCUT2D eigenvalue weighted by atomic mass is 79.9. The van der Waals surface area contributed by atoms with Crippen molar-refractivity contribution in [2.24, 2.45) is 0 Å². The highest BCUT2D eigenvalue weighted by Gasteiger charge is 2.33. The van der Waals surface area contributed by atoms with Gasteiger partial charge in [-0.1, -0.05) is 46.0 Å². The molecule has 0 N–H and O–H groups in total. The predicted octanol–water partition coefficient (Wildman–Crippen LogP) is 5.26. The summed E-state index contributed by atoms with van der Waals surface area (Å²) in [6.45, 7) is 2.45. The number of hydrogen-bond donors (Lipinski definition) is 0. The zero-order valence-electron chi connectivity index (χ0n) is 14.2.